The zero-order valence-corrected chi connectivity index (χ0v) is 15.1. The average Bonchev–Trinajstić information content (AvgIpc) is 2.64. The Morgan fingerprint density at radius 2 is 1.96 bits per heavy atom. The van der Waals surface area contributed by atoms with Gasteiger partial charge in [0.05, 0.1) is 13.2 Å². The highest BCUT2D eigenvalue weighted by atomic mass is 16.5. The summed E-state index contributed by atoms with van der Waals surface area (Å²) in [7, 11) is 1.67. The molecule has 2 aromatic rings. The highest BCUT2D eigenvalue weighted by Gasteiger charge is 2.29. The summed E-state index contributed by atoms with van der Waals surface area (Å²) >= 11 is 0. The smallest absolute Gasteiger partial charge is 0.219 e. The number of carbonyl (C=O) groups is 1. The molecule has 2 heterocycles. The number of hydrogen-bond donors (Lipinski definition) is 0. The molecule has 0 radical (unpaired) electrons. The van der Waals surface area contributed by atoms with E-state index in [0.29, 0.717) is 6.54 Å². The van der Waals surface area contributed by atoms with Crippen LogP contribution in [-0.4, -0.2) is 47.4 Å². The summed E-state index contributed by atoms with van der Waals surface area (Å²) in [6, 6.07) is 12.5. The van der Waals surface area contributed by atoms with Gasteiger partial charge in [0.25, 0.3) is 0 Å². The molecule has 25 heavy (non-hydrogen) atoms. The van der Waals surface area contributed by atoms with Gasteiger partial charge in [-0.25, -0.2) is 0 Å². The van der Waals surface area contributed by atoms with Crippen molar-refractivity contribution in [1.82, 2.24) is 14.8 Å². The molecule has 1 aliphatic rings. The zero-order chi connectivity index (χ0) is 17.8. The molecule has 1 fully saturated rings. The lowest BCUT2D eigenvalue weighted by atomic mass is 10.0. The number of methoxy groups -OCH3 is 1. The Hall–Kier alpha value is -2.40. The van der Waals surface area contributed by atoms with Gasteiger partial charge in [-0.1, -0.05) is 18.2 Å². The van der Waals surface area contributed by atoms with Crippen LogP contribution in [0.15, 0.2) is 42.6 Å². The summed E-state index contributed by atoms with van der Waals surface area (Å²) in [5.74, 6) is 0.979. The molecule has 1 unspecified atom stereocenters. The molecular weight excluding hydrogens is 314 g/mol. The van der Waals surface area contributed by atoms with Crippen LogP contribution < -0.4 is 4.74 Å². The van der Waals surface area contributed by atoms with E-state index in [1.54, 1.807) is 14.0 Å². The Kier molecular flexibility index (Phi) is 5.34. The summed E-state index contributed by atoms with van der Waals surface area (Å²) in [6.45, 7) is 6.79. The van der Waals surface area contributed by atoms with Gasteiger partial charge < -0.3 is 9.64 Å². The predicted octanol–water partition coefficient (Wildman–Crippen LogP) is 2.80. The number of nitrogens with zero attached hydrogens (tertiary/aromatic N) is 3. The first-order chi connectivity index (χ1) is 12.1. The normalized spacial score (nSPS) is 18.2. The van der Waals surface area contributed by atoms with E-state index in [0.717, 1.165) is 31.1 Å². The van der Waals surface area contributed by atoms with E-state index in [9.17, 15) is 4.79 Å². The van der Waals surface area contributed by atoms with E-state index in [-0.39, 0.29) is 11.9 Å². The first-order valence-corrected chi connectivity index (χ1v) is 8.62. The van der Waals surface area contributed by atoms with Crippen LogP contribution in [0.2, 0.25) is 0 Å². The number of piperazine rings is 1. The second-order valence-electron chi connectivity index (χ2n) is 6.53. The Bertz CT molecular complexity index is 713. The minimum absolute atomic E-state index is 0.134. The van der Waals surface area contributed by atoms with Gasteiger partial charge in [-0.2, -0.15) is 0 Å². The van der Waals surface area contributed by atoms with Crippen molar-refractivity contribution in [3.63, 3.8) is 0 Å². The first kappa shape index (κ1) is 17.4. The number of hydrogen-bond acceptors (Lipinski definition) is 4. The molecule has 5 nitrogen and oxygen atoms in total. The number of aryl methyl sites for hydroxylation is 1. The van der Waals surface area contributed by atoms with Crippen molar-refractivity contribution in [3.8, 4) is 5.75 Å². The number of ether oxygens (including phenoxy) is 1. The Morgan fingerprint density at radius 1 is 1.20 bits per heavy atom. The summed E-state index contributed by atoms with van der Waals surface area (Å²) in [5, 5.41) is 0. The molecule has 1 aromatic carbocycles. The number of carbonyl (C=O) groups excluding carboxylic acids is 1. The maximum Gasteiger partial charge on any atom is 0.219 e. The highest BCUT2D eigenvalue weighted by molar-refractivity contribution is 5.73. The molecular formula is C20H25N3O2. The maximum absolute atomic E-state index is 11.9. The summed E-state index contributed by atoms with van der Waals surface area (Å²) in [6.07, 6.45) is 1.94. The second-order valence-corrected chi connectivity index (χ2v) is 6.53. The van der Waals surface area contributed by atoms with Crippen molar-refractivity contribution in [2.75, 3.05) is 26.7 Å². The summed E-state index contributed by atoms with van der Waals surface area (Å²) in [5.41, 5.74) is 3.42. The molecule has 3 rings (SSSR count). The van der Waals surface area contributed by atoms with Crippen LogP contribution >= 0.6 is 0 Å². The molecule has 0 spiro atoms. The lowest BCUT2D eigenvalue weighted by molar-refractivity contribution is -0.132. The maximum atomic E-state index is 11.9. The second kappa shape index (κ2) is 7.66. The van der Waals surface area contributed by atoms with Gasteiger partial charge in [-0.3, -0.25) is 14.7 Å². The largest absolute Gasteiger partial charge is 0.497 e. The predicted molar refractivity (Wildman–Crippen MR) is 97.4 cm³/mol. The van der Waals surface area contributed by atoms with Gasteiger partial charge in [0.2, 0.25) is 5.91 Å². The monoisotopic (exact) mass is 339 g/mol. The number of amides is 1. The van der Waals surface area contributed by atoms with Crippen LogP contribution in [0, 0.1) is 6.92 Å². The van der Waals surface area contributed by atoms with Crippen molar-refractivity contribution < 1.29 is 9.53 Å². The molecule has 5 heteroatoms. The number of pyridine rings is 1. The molecule has 1 atom stereocenters. The van der Waals surface area contributed by atoms with E-state index < -0.39 is 0 Å². The van der Waals surface area contributed by atoms with Gasteiger partial charge in [0, 0.05) is 45.0 Å². The van der Waals surface area contributed by atoms with E-state index in [4.69, 9.17) is 4.74 Å². The van der Waals surface area contributed by atoms with Crippen LogP contribution in [0.25, 0.3) is 0 Å². The van der Waals surface area contributed by atoms with E-state index in [1.165, 1.54) is 11.1 Å². The molecule has 0 N–H and O–H groups in total. The third kappa shape index (κ3) is 4.17. The fourth-order valence-corrected chi connectivity index (χ4v) is 3.26. The minimum Gasteiger partial charge on any atom is -0.497 e. The van der Waals surface area contributed by atoms with Gasteiger partial charge in [0.15, 0.2) is 0 Å². The number of aromatic nitrogens is 1. The van der Waals surface area contributed by atoms with Gasteiger partial charge in [-0.05, 0) is 36.2 Å². The molecule has 1 aliphatic heterocycles. The molecule has 132 valence electrons. The minimum atomic E-state index is 0.134. The molecule has 1 amide bonds. The number of benzene rings is 1. The van der Waals surface area contributed by atoms with Gasteiger partial charge in [-0.15, -0.1) is 0 Å². The van der Waals surface area contributed by atoms with Crippen molar-refractivity contribution in [2.24, 2.45) is 0 Å². The SMILES string of the molecule is COc1ccc(C2CN(C(C)=O)CCN2Cc2ccc(C)nc2)cc1. The molecule has 1 saturated heterocycles. The fraction of sp³-hybridized carbons (Fsp3) is 0.400. The van der Waals surface area contributed by atoms with Crippen LogP contribution in [0.3, 0.4) is 0 Å². The quantitative estimate of drug-likeness (QED) is 0.859. The summed E-state index contributed by atoms with van der Waals surface area (Å²) in [4.78, 5) is 20.6. The molecule has 0 bridgehead atoms. The molecule has 1 aromatic heterocycles. The topological polar surface area (TPSA) is 45.7 Å². The van der Waals surface area contributed by atoms with Crippen LogP contribution in [0.1, 0.15) is 29.8 Å². The molecule has 0 saturated carbocycles. The average molecular weight is 339 g/mol. The van der Waals surface area contributed by atoms with Crippen molar-refractivity contribution in [1.29, 1.82) is 0 Å². The zero-order valence-electron chi connectivity index (χ0n) is 15.1. The fourth-order valence-electron chi connectivity index (χ4n) is 3.26. The third-order valence-corrected chi connectivity index (χ3v) is 4.80. The van der Waals surface area contributed by atoms with Crippen LogP contribution in [-0.2, 0) is 11.3 Å². The van der Waals surface area contributed by atoms with E-state index in [1.807, 2.05) is 36.2 Å². The first-order valence-electron chi connectivity index (χ1n) is 8.62. The summed E-state index contributed by atoms with van der Waals surface area (Å²) < 4.78 is 5.26. The lowest BCUT2D eigenvalue weighted by Crippen LogP contribution is -2.49. The number of rotatable bonds is 4. The Morgan fingerprint density at radius 3 is 2.56 bits per heavy atom. The van der Waals surface area contributed by atoms with Crippen molar-refractivity contribution >= 4 is 5.91 Å². The van der Waals surface area contributed by atoms with E-state index in [2.05, 4.69) is 28.1 Å². The highest BCUT2D eigenvalue weighted by Crippen LogP contribution is 2.28. The third-order valence-electron chi connectivity index (χ3n) is 4.80. The van der Waals surface area contributed by atoms with E-state index >= 15 is 0 Å². The Labute approximate surface area is 149 Å². The van der Waals surface area contributed by atoms with Crippen molar-refractivity contribution in [2.45, 2.75) is 26.4 Å². The lowest BCUT2D eigenvalue weighted by Gasteiger charge is -2.41. The standard InChI is InChI=1S/C20H25N3O2/c1-15-4-5-17(12-21-15)13-23-11-10-22(16(2)24)14-20(23)18-6-8-19(25-3)9-7-18/h4-9,12,20H,10-11,13-14H2,1-3H3. The van der Waals surface area contributed by atoms with Crippen LogP contribution in [0.5, 0.6) is 5.75 Å². The van der Waals surface area contributed by atoms with Crippen molar-refractivity contribution in [3.05, 3.63) is 59.4 Å². The molecule has 0 aliphatic carbocycles. The van der Waals surface area contributed by atoms with Gasteiger partial charge in [0.1, 0.15) is 5.75 Å². The van der Waals surface area contributed by atoms with Crippen LogP contribution in [0.4, 0.5) is 0 Å². The Balaban J connectivity index is 1.83. The van der Waals surface area contributed by atoms with Gasteiger partial charge >= 0.3 is 0 Å².